The van der Waals surface area contributed by atoms with E-state index in [2.05, 4.69) is 144 Å². The molecule has 0 aliphatic heterocycles. The molecule has 0 amide bonds. The van der Waals surface area contributed by atoms with E-state index in [1.54, 1.807) is 22.3 Å². The molecule has 0 aromatic heterocycles. The second kappa shape index (κ2) is 11.3. The number of nitrogens with zero attached hydrogens (tertiary/aromatic N) is 1. The number of benzene rings is 6. The molecule has 6 aromatic rings. The Morgan fingerprint density at radius 1 is 0.396 bits per heavy atom. The fraction of sp³-hybridized carbons (Fsp3) is 0.308. The van der Waals surface area contributed by atoms with E-state index in [0.717, 1.165) is 23.7 Å². The van der Waals surface area contributed by atoms with Gasteiger partial charge in [0.15, 0.2) is 0 Å². The van der Waals surface area contributed by atoms with Crippen molar-refractivity contribution in [3.05, 3.63) is 162 Å². The van der Waals surface area contributed by atoms with E-state index in [9.17, 15) is 0 Å². The summed E-state index contributed by atoms with van der Waals surface area (Å²) in [6, 6.07) is 54.1. The second-order valence-electron chi connectivity index (χ2n) is 17.6. The zero-order valence-corrected chi connectivity index (χ0v) is 30.6. The fourth-order valence-corrected chi connectivity index (χ4v) is 13.5. The molecule has 2 spiro atoms. The van der Waals surface area contributed by atoms with Gasteiger partial charge in [0, 0.05) is 27.9 Å². The first-order valence-corrected chi connectivity index (χ1v) is 20.7. The van der Waals surface area contributed by atoms with Crippen LogP contribution in [0.2, 0.25) is 0 Å². The van der Waals surface area contributed by atoms with Gasteiger partial charge in [-0.15, -0.1) is 0 Å². The highest BCUT2D eigenvalue weighted by atomic mass is 15.1. The van der Waals surface area contributed by atoms with Crippen LogP contribution in [0.1, 0.15) is 86.5 Å². The van der Waals surface area contributed by atoms with Crippen LogP contribution in [0.3, 0.4) is 0 Å². The van der Waals surface area contributed by atoms with Crippen molar-refractivity contribution in [3.8, 4) is 33.4 Å². The minimum Gasteiger partial charge on any atom is -0.310 e. The van der Waals surface area contributed by atoms with Gasteiger partial charge in [-0.3, -0.25) is 0 Å². The highest BCUT2D eigenvalue weighted by Gasteiger charge is 2.61. The Hall–Kier alpha value is -4.88. The molecule has 0 heterocycles. The Morgan fingerprint density at radius 3 is 1.64 bits per heavy atom. The molecular weight excluding hydrogens is 639 g/mol. The van der Waals surface area contributed by atoms with Crippen LogP contribution in [0.4, 0.5) is 17.1 Å². The quantitative estimate of drug-likeness (QED) is 0.179. The summed E-state index contributed by atoms with van der Waals surface area (Å²) in [5, 5.41) is 0. The third kappa shape index (κ3) is 4.20. The highest BCUT2D eigenvalue weighted by molar-refractivity contribution is 5.90. The number of fused-ring (bicyclic) bond motifs is 8. The van der Waals surface area contributed by atoms with E-state index < -0.39 is 0 Å². The summed E-state index contributed by atoms with van der Waals surface area (Å²) in [5.41, 5.74) is 18.7. The monoisotopic (exact) mass is 685 g/mol. The van der Waals surface area contributed by atoms with Crippen LogP contribution in [0, 0.1) is 23.7 Å². The molecule has 5 fully saturated rings. The molecule has 13 rings (SSSR count). The second-order valence-corrected chi connectivity index (χ2v) is 17.6. The van der Waals surface area contributed by atoms with Crippen LogP contribution in [-0.2, 0) is 10.8 Å². The van der Waals surface area contributed by atoms with Crippen molar-refractivity contribution in [2.75, 3.05) is 4.90 Å². The maximum absolute atomic E-state index is 2.58. The van der Waals surface area contributed by atoms with Gasteiger partial charge in [0.25, 0.3) is 0 Å². The van der Waals surface area contributed by atoms with Crippen molar-refractivity contribution in [1.29, 1.82) is 0 Å². The Labute approximate surface area is 314 Å². The van der Waals surface area contributed by atoms with Gasteiger partial charge in [0.1, 0.15) is 0 Å². The van der Waals surface area contributed by atoms with Gasteiger partial charge in [-0.25, -0.2) is 0 Å². The third-order valence-electron chi connectivity index (χ3n) is 15.2. The molecule has 1 nitrogen and oxygen atoms in total. The van der Waals surface area contributed by atoms with Crippen LogP contribution in [0.5, 0.6) is 0 Å². The first kappa shape index (κ1) is 30.6. The lowest BCUT2D eigenvalue weighted by atomic mass is 9.43. The summed E-state index contributed by atoms with van der Waals surface area (Å²) in [6.45, 7) is 0. The lowest BCUT2D eigenvalue weighted by Crippen LogP contribution is -2.55. The number of rotatable bonds is 4. The van der Waals surface area contributed by atoms with E-state index in [4.69, 9.17) is 0 Å². The van der Waals surface area contributed by atoms with Gasteiger partial charge in [-0.05, 0) is 161 Å². The Balaban J connectivity index is 1.06. The van der Waals surface area contributed by atoms with Crippen molar-refractivity contribution in [2.24, 2.45) is 23.7 Å². The minimum atomic E-state index is 0.158. The van der Waals surface area contributed by atoms with Crippen LogP contribution in [0.25, 0.3) is 33.4 Å². The molecule has 260 valence electrons. The summed E-state index contributed by atoms with van der Waals surface area (Å²) in [6.07, 6.45) is 13.7. The maximum Gasteiger partial charge on any atom is 0.0468 e. The van der Waals surface area contributed by atoms with E-state index in [1.165, 1.54) is 115 Å². The third-order valence-corrected chi connectivity index (χ3v) is 15.2. The van der Waals surface area contributed by atoms with Crippen molar-refractivity contribution in [3.63, 3.8) is 0 Å². The smallest absolute Gasteiger partial charge is 0.0468 e. The molecule has 5 saturated carbocycles. The van der Waals surface area contributed by atoms with E-state index in [0.29, 0.717) is 0 Å². The largest absolute Gasteiger partial charge is 0.310 e. The van der Waals surface area contributed by atoms with E-state index >= 15 is 0 Å². The number of anilines is 3. The summed E-state index contributed by atoms with van der Waals surface area (Å²) in [7, 11) is 0. The molecule has 0 saturated heterocycles. The molecule has 7 aliphatic rings. The van der Waals surface area contributed by atoms with Crippen molar-refractivity contribution in [1.82, 2.24) is 0 Å². The number of hydrogen-bond acceptors (Lipinski definition) is 1. The summed E-state index contributed by atoms with van der Waals surface area (Å²) in [5.74, 6) is 3.44. The molecule has 4 bridgehead atoms. The first-order valence-electron chi connectivity index (χ1n) is 20.7. The molecule has 7 aliphatic carbocycles. The van der Waals surface area contributed by atoms with E-state index in [-0.39, 0.29) is 10.8 Å². The standard InChI is InChI=1S/C52H47N/c1-3-12-36(13-4-1)37-14-11-15-40(31-37)53(41-20-22-48-45(32-41)43-16-5-7-18-47(43)51(48)24-9-2-10-25-51)42-21-23-50-46(33-42)44-17-6-8-19-49(44)52(50)38-27-34-26-35(29-38)30-39(52)28-34/h1,3-8,11-23,31-35,38-39H,2,9-10,24-30H2. The van der Waals surface area contributed by atoms with Gasteiger partial charge >= 0.3 is 0 Å². The molecule has 0 atom stereocenters. The zero-order valence-electron chi connectivity index (χ0n) is 30.6. The predicted molar refractivity (Wildman–Crippen MR) is 219 cm³/mol. The topological polar surface area (TPSA) is 3.24 Å². The fourth-order valence-electron chi connectivity index (χ4n) is 13.5. The van der Waals surface area contributed by atoms with Gasteiger partial charge in [0.05, 0.1) is 0 Å². The minimum absolute atomic E-state index is 0.158. The van der Waals surface area contributed by atoms with E-state index in [1.807, 2.05) is 0 Å². The summed E-state index contributed by atoms with van der Waals surface area (Å²) < 4.78 is 0. The summed E-state index contributed by atoms with van der Waals surface area (Å²) >= 11 is 0. The first-order chi connectivity index (χ1) is 26.2. The van der Waals surface area contributed by atoms with Crippen LogP contribution in [-0.4, -0.2) is 0 Å². The van der Waals surface area contributed by atoms with Gasteiger partial charge in [-0.2, -0.15) is 0 Å². The SMILES string of the molecule is c1ccc(-c2cccc(N(c3ccc4c(c3)-c3ccccc3C43CCCCC3)c3ccc4c(c3)-c3ccccc3C43C4CC5CC(C4)CC3C5)c2)cc1. The molecule has 0 unspecified atom stereocenters. The average molecular weight is 686 g/mol. The van der Waals surface area contributed by atoms with Gasteiger partial charge in [0.2, 0.25) is 0 Å². The summed E-state index contributed by atoms with van der Waals surface area (Å²) in [4.78, 5) is 2.56. The van der Waals surface area contributed by atoms with Crippen LogP contribution < -0.4 is 4.90 Å². The maximum atomic E-state index is 2.58. The predicted octanol–water partition coefficient (Wildman–Crippen LogP) is 13.8. The van der Waals surface area contributed by atoms with Crippen molar-refractivity contribution in [2.45, 2.75) is 75.0 Å². The van der Waals surface area contributed by atoms with Gasteiger partial charge < -0.3 is 4.90 Å². The molecule has 0 radical (unpaired) electrons. The zero-order chi connectivity index (χ0) is 34.7. The lowest BCUT2D eigenvalue weighted by molar-refractivity contribution is -0.0399. The van der Waals surface area contributed by atoms with Crippen molar-refractivity contribution < 1.29 is 0 Å². The lowest BCUT2D eigenvalue weighted by Gasteiger charge is -2.61. The van der Waals surface area contributed by atoms with Crippen LogP contribution >= 0.6 is 0 Å². The Morgan fingerprint density at radius 2 is 0.925 bits per heavy atom. The van der Waals surface area contributed by atoms with Crippen molar-refractivity contribution >= 4 is 17.1 Å². The Kier molecular flexibility index (Phi) is 6.53. The Bertz CT molecular complexity index is 2380. The molecular formula is C52H47N. The number of hydrogen-bond donors (Lipinski definition) is 0. The molecule has 6 aromatic carbocycles. The molecule has 1 heteroatoms. The molecule has 0 N–H and O–H groups in total. The molecule has 53 heavy (non-hydrogen) atoms. The highest BCUT2D eigenvalue weighted by Crippen LogP contribution is 2.69. The normalized spacial score (nSPS) is 26.3. The van der Waals surface area contributed by atoms with Crippen LogP contribution in [0.15, 0.2) is 140 Å². The van der Waals surface area contributed by atoms with Gasteiger partial charge in [-0.1, -0.05) is 122 Å². The average Bonchev–Trinajstić information content (AvgIpc) is 3.64.